The van der Waals surface area contributed by atoms with Crippen LogP contribution in [0.25, 0.3) is 17.0 Å². The average molecular weight is 628 g/mol. The third kappa shape index (κ3) is 15.9. The van der Waals surface area contributed by atoms with E-state index in [1.807, 2.05) is 32.9 Å². The number of carbonyl (C=O) groups excluding carboxylic acids is 1. The Bertz CT molecular complexity index is 1280. The molecule has 0 atom stereocenters. The van der Waals surface area contributed by atoms with E-state index in [-0.39, 0.29) is 11.6 Å². The number of hydrogen-bond donors (Lipinski definition) is 4. The van der Waals surface area contributed by atoms with Gasteiger partial charge in [0.2, 0.25) is 0 Å². The highest BCUT2D eigenvalue weighted by atomic mass is 19.1. The number of aldehydes is 1. The zero-order valence-electron chi connectivity index (χ0n) is 28.0. The minimum absolute atomic E-state index is 0.125. The smallest absolute Gasteiger partial charge is 0.154 e. The van der Waals surface area contributed by atoms with Gasteiger partial charge in [-0.25, -0.2) is 19.8 Å². The maximum absolute atomic E-state index is 14.9. The van der Waals surface area contributed by atoms with Gasteiger partial charge in [0.1, 0.15) is 24.2 Å². The molecule has 1 aliphatic heterocycles. The molecule has 4 N–H and O–H groups in total. The van der Waals surface area contributed by atoms with Gasteiger partial charge in [0.25, 0.3) is 0 Å². The number of rotatable bonds is 12. The molecule has 0 bridgehead atoms. The first-order chi connectivity index (χ1) is 21.7. The molecule has 2 heterocycles. The molecule has 1 fully saturated rings. The summed E-state index contributed by atoms with van der Waals surface area (Å²) < 4.78 is 19.7. The van der Waals surface area contributed by atoms with Crippen LogP contribution in [0.3, 0.4) is 0 Å². The summed E-state index contributed by atoms with van der Waals surface area (Å²) in [5, 5.41) is 20.6. The largest absolute Gasteiger partial charge is 0.508 e. The van der Waals surface area contributed by atoms with Gasteiger partial charge in [-0.2, -0.15) is 0 Å². The Morgan fingerprint density at radius 2 is 1.78 bits per heavy atom. The molecule has 0 saturated carbocycles. The maximum Gasteiger partial charge on any atom is 0.154 e. The molecule has 0 amide bonds. The van der Waals surface area contributed by atoms with Crippen molar-refractivity contribution in [1.82, 2.24) is 20.3 Å². The molecule has 0 spiro atoms. The molecule has 4 rings (SSSR count). The number of anilines is 2. The quantitative estimate of drug-likeness (QED) is 0.0905. The van der Waals surface area contributed by atoms with Crippen molar-refractivity contribution in [1.29, 1.82) is 0 Å². The number of halogens is 1. The van der Waals surface area contributed by atoms with E-state index >= 15 is 0 Å². The van der Waals surface area contributed by atoms with Crippen LogP contribution in [-0.2, 0) is 9.53 Å². The number of carbonyl (C=O) groups is 1. The molecule has 0 aliphatic carbocycles. The number of hydroxylamine groups is 1. The number of likely N-dealkylation sites (tertiary alicyclic amines) is 1. The molecular weight excluding hydrogens is 573 g/mol. The Balaban J connectivity index is 0.000000396. The molecule has 1 aliphatic rings. The predicted molar refractivity (Wildman–Crippen MR) is 183 cm³/mol. The summed E-state index contributed by atoms with van der Waals surface area (Å²) in [5.74, 6) is 0.298. The number of allylic oxidation sites excluding steroid dienone is 1. The van der Waals surface area contributed by atoms with Crippen LogP contribution in [0.5, 0.6) is 5.75 Å². The van der Waals surface area contributed by atoms with Gasteiger partial charge in [0, 0.05) is 44.2 Å². The Morgan fingerprint density at radius 3 is 2.40 bits per heavy atom. The summed E-state index contributed by atoms with van der Waals surface area (Å²) in [6.45, 7) is 12.9. The van der Waals surface area contributed by atoms with E-state index in [2.05, 4.69) is 27.1 Å². The lowest BCUT2D eigenvalue weighted by Gasteiger charge is -2.12. The van der Waals surface area contributed by atoms with Crippen molar-refractivity contribution in [3.63, 3.8) is 0 Å². The number of nitrogens with one attached hydrogen (secondary N) is 2. The van der Waals surface area contributed by atoms with Crippen molar-refractivity contribution in [3.05, 3.63) is 59.2 Å². The summed E-state index contributed by atoms with van der Waals surface area (Å²) in [4.78, 5) is 20.7. The number of benzene rings is 2. The van der Waals surface area contributed by atoms with Gasteiger partial charge in [-0.1, -0.05) is 37.5 Å². The van der Waals surface area contributed by atoms with E-state index in [1.54, 1.807) is 36.9 Å². The Kier molecular flexibility index (Phi) is 21.0. The van der Waals surface area contributed by atoms with Gasteiger partial charge in [-0.3, -0.25) is 0 Å². The third-order valence-electron chi connectivity index (χ3n) is 6.86. The maximum atomic E-state index is 14.9. The van der Waals surface area contributed by atoms with Gasteiger partial charge >= 0.3 is 0 Å². The molecule has 0 unspecified atom stereocenters. The van der Waals surface area contributed by atoms with Crippen molar-refractivity contribution >= 4 is 34.8 Å². The third-order valence-corrected chi connectivity index (χ3v) is 6.86. The van der Waals surface area contributed by atoms with Crippen molar-refractivity contribution in [2.24, 2.45) is 0 Å². The fourth-order valence-electron chi connectivity index (χ4n) is 4.67. The van der Waals surface area contributed by atoms with Gasteiger partial charge < -0.3 is 30.1 Å². The Morgan fingerprint density at radius 1 is 1.09 bits per heavy atom. The number of methoxy groups -OCH3 is 1. The molecule has 1 aromatic heterocycles. The van der Waals surface area contributed by atoms with Crippen LogP contribution in [0.15, 0.2) is 42.2 Å². The number of phenolic OH excluding ortho intramolecular Hbond substituents is 1. The number of ether oxygens (including phenoxy) is 1. The lowest BCUT2D eigenvalue weighted by atomic mass is 10.0. The fraction of sp³-hybridized carbons (Fsp3) is 0.514. The van der Waals surface area contributed by atoms with Gasteiger partial charge in [0.15, 0.2) is 5.82 Å². The second-order valence-corrected chi connectivity index (χ2v) is 11.1. The van der Waals surface area contributed by atoms with Crippen molar-refractivity contribution in [3.8, 4) is 5.75 Å². The molecule has 9 nitrogen and oxygen atoms in total. The number of hydrogen-bond acceptors (Lipinski definition) is 9. The van der Waals surface area contributed by atoms with Gasteiger partial charge in [-0.05, 0) is 96.3 Å². The van der Waals surface area contributed by atoms with Crippen LogP contribution >= 0.6 is 0 Å². The molecular formula is C35H54FN5O4. The van der Waals surface area contributed by atoms with E-state index in [0.29, 0.717) is 34.4 Å². The Hall–Kier alpha value is -3.44. The first kappa shape index (κ1) is 39.6. The second-order valence-electron chi connectivity index (χ2n) is 11.1. The normalized spacial score (nSPS) is 12.2. The lowest BCUT2D eigenvalue weighted by molar-refractivity contribution is -0.107. The zero-order chi connectivity index (χ0) is 33.5. The van der Waals surface area contributed by atoms with Crippen molar-refractivity contribution in [2.75, 3.05) is 45.7 Å². The highest BCUT2D eigenvalue weighted by Gasteiger charge is 2.12. The molecule has 1 saturated heterocycles. The van der Waals surface area contributed by atoms with Crippen LogP contribution < -0.4 is 10.8 Å². The van der Waals surface area contributed by atoms with Crippen molar-refractivity contribution < 1.29 is 24.2 Å². The molecule has 10 heteroatoms. The number of aryl methyl sites for hydroxylation is 1. The van der Waals surface area contributed by atoms with Crippen LogP contribution in [-0.4, -0.2) is 71.9 Å². The molecule has 45 heavy (non-hydrogen) atoms. The number of aromatic hydroxyl groups is 1. The minimum Gasteiger partial charge on any atom is -0.508 e. The molecule has 2 aromatic carbocycles. The minimum atomic E-state index is -0.318. The van der Waals surface area contributed by atoms with E-state index in [1.165, 1.54) is 58.7 Å². The van der Waals surface area contributed by atoms with Crippen LogP contribution in [0.1, 0.15) is 83.3 Å². The van der Waals surface area contributed by atoms with Crippen molar-refractivity contribution in [2.45, 2.75) is 79.1 Å². The molecule has 3 aromatic rings. The van der Waals surface area contributed by atoms with E-state index < -0.39 is 0 Å². The standard InChI is InChI=1S/C19H18FN3O.C8H16O2.C7H15N.CH5NO/c1-11(2)8-15-12(3)4-7-16(18(15)20)23-19-14-6-5-13(24)9-17(14)21-10-22-19;1-10-8-6-4-2-3-5-7-9;1-2-5-8-6-3-4-7-8;1-2-3/h4-10,24H,1-3H3,(H,21,22,23);7H,2-6,8H2,1H3;2-7H2,1H3;2-3H,1H3. The lowest BCUT2D eigenvalue weighted by Crippen LogP contribution is -2.19. The summed E-state index contributed by atoms with van der Waals surface area (Å²) in [6.07, 6.45) is 13.6. The number of aromatic nitrogens is 2. The number of nitrogens with zero attached hydrogens (tertiary/aromatic N) is 3. The summed E-state index contributed by atoms with van der Waals surface area (Å²) in [7, 11) is 3.14. The summed E-state index contributed by atoms with van der Waals surface area (Å²) in [6, 6.07) is 8.37. The summed E-state index contributed by atoms with van der Waals surface area (Å²) in [5.41, 5.74) is 5.15. The SMILES string of the molecule is CC(C)=Cc1c(C)ccc(Nc2ncnc3cc(O)ccc23)c1F.CCCN1CCCC1.CNO.COCCCCCCC=O. The second kappa shape index (κ2) is 23.9. The highest BCUT2D eigenvalue weighted by Crippen LogP contribution is 2.29. The van der Waals surface area contributed by atoms with Crippen LogP contribution in [0.2, 0.25) is 0 Å². The van der Waals surface area contributed by atoms with Crippen LogP contribution in [0.4, 0.5) is 15.9 Å². The highest BCUT2D eigenvalue weighted by molar-refractivity contribution is 5.91. The fourth-order valence-corrected chi connectivity index (χ4v) is 4.67. The number of unbranched alkanes of at least 4 members (excludes halogenated alkanes) is 4. The van der Waals surface area contributed by atoms with E-state index in [9.17, 15) is 14.3 Å². The van der Waals surface area contributed by atoms with E-state index in [4.69, 9.17) is 9.94 Å². The monoisotopic (exact) mass is 627 g/mol. The Labute approximate surface area is 268 Å². The average Bonchev–Trinajstić information content (AvgIpc) is 3.53. The van der Waals surface area contributed by atoms with Crippen LogP contribution in [0, 0.1) is 12.7 Å². The number of fused-ring (bicyclic) bond motifs is 1. The number of phenols is 1. The first-order valence-corrected chi connectivity index (χ1v) is 15.8. The molecule has 0 radical (unpaired) electrons. The molecule has 250 valence electrons. The van der Waals surface area contributed by atoms with Gasteiger partial charge in [-0.15, -0.1) is 0 Å². The topological polar surface area (TPSA) is 120 Å². The van der Waals surface area contributed by atoms with E-state index in [0.717, 1.165) is 43.3 Å². The van der Waals surface area contributed by atoms with Gasteiger partial charge in [0.05, 0.1) is 11.2 Å². The first-order valence-electron chi connectivity index (χ1n) is 15.8. The summed E-state index contributed by atoms with van der Waals surface area (Å²) >= 11 is 0. The predicted octanol–water partition coefficient (Wildman–Crippen LogP) is 7.82. The zero-order valence-corrected chi connectivity index (χ0v) is 28.0.